The number of ketones is 1. The van der Waals surface area contributed by atoms with E-state index in [1.165, 1.54) is 19.3 Å². The molecule has 1 aliphatic heterocycles. The lowest BCUT2D eigenvalue weighted by atomic mass is 10.1. The van der Waals surface area contributed by atoms with E-state index < -0.39 is 0 Å². The van der Waals surface area contributed by atoms with E-state index in [1.807, 2.05) is 6.20 Å². The molecule has 0 unspecified atom stereocenters. The summed E-state index contributed by atoms with van der Waals surface area (Å²) in [7, 11) is 0. The molecule has 0 aliphatic carbocycles. The molecule has 0 bridgehead atoms. The van der Waals surface area contributed by atoms with Crippen LogP contribution in [0.1, 0.15) is 26.2 Å². The monoisotopic (exact) mass is 153 g/mol. The number of carbonyl (C=O) groups excluding carboxylic acids is 1. The van der Waals surface area contributed by atoms with Gasteiger partial charge in [0.05, 0.1) is 0 Å². The number of allylic oxidation sites excluding steroid dienone is 1. The summed E-state index contributed by atoms with van der Waals surface area (Å²) in [6, 6.07) is 0. The van der Waals surface area contributed by atoms with E-state index in [4.69, 9.17) is 0 Å². The first kappa shape index (κ1) is 8.31. The predicted molar refractivity (Wildman–Crippen MR) is 45.2 cm³/mol. The van der Waals surface area contributed by atoms with Crippen LogP contribution in [0.4, 0.5) is 0 Å². The van der Waals surface area contributed by atoms with Crippen LogP contribution in [0.25, 0.3) is 0 Å². The number of hydrogen-bond acceptors (Lipinski definition) is 2. The summed E-state index contributed by atoms with van der Waals surface area (Å²) >= 11 is 0. The minimum atomic E-state index is 0.135. The molecule has 1 aliphatic rings. The van der Waals surface area contributed by atoms with Crippen molar-refractivity contribution in [2.24, 2.45) is 0 Å². The molecule has 0 aromatic carbocycles. The van der Waals surface area contributed by atoms with Gasteiger partial charge >= 0.3 is 0 Å². The van der Waals surface area contributed by atoms with Crippen molar-refractivity contribution in [2.45, 2.75) is 26.2 Å². The van der Waals surface area contributed by atoms with Gasteiger partial charge in [-0.05, 0) is 32.3 Å². The molecule has 11 heavy (non-hydrogen) atoms. The number of carbonyl (C=O) groups is 1. The summed E-state index contributed by atoms with van der Waals surface area (Å²) in [6.45, 7) is 3.81. The molecular formula is C9H15NO. The lowest BCUT2D eigenvalue weighted by Crippen LogP contribution is -2.24. The topological polar surface area (TPSA) is 20.3 Å². The maximum atomic E-state index is 10.6. The van der Waals surface area contributed by atoms with E-state index in [1.54, 1.807) is 13.0 Å². The van der Waals surface area contributed by atoms with Crippen molar-refractivity contribution in [1.82, 2.24) is 4.90 Å². The van der Waals surface area contributed by atoms with Gasteiger partial charge in [0.15, 0.2) is 5.78 Å². The number of rotatable bonds is 2. The Balaban J connectivity index is 2.29. The van der Waals surface area contributed by atoms with Crippen molar-refractivity contribution in [3.63, 3.8) is 0 Å². The van der Waals surface area contributed by atoms with Gasteiger partial charge in [-0.2, -0.15) is 0 Å². The van der Waals surface area contributed by atoms with Crippen LogP contribution in [-0.4, -0.2) is 23.8 Å². The molecular weight excluding hydrogens is 138 g/mol. The highest BCUT2D eigenvalue weighted by Gasteiger charge is 2.04. The lowest BCUT2D eigenvalue weighted by Gasteiger charge is -2.24. The Bertz CT molecular complexity index is 157. The average Bonchev–Trinajstić information content (AvgIpc) is 2.03. The molecule has 2 heteroatoms. The average molecular weight is 153 g/mol. The number of piperidine rings is 1. The maximum Gasteiger partial charge on any atom is 0.154 e. The summed E-state index contributed by atoms with van der Waals surface area (Å²) in [5, 5.41) is 0. The van der Waals surface area contributed by atoms with Crippen molar-refractivity contribution >= 4 is 5.78 Å². The summed E-state index contributed by atoms with van der Waals surface area (Å²) in [5.74, 6) is 0.135. The van der Waals surface area contributed by atoms with Crippen molar-refractivity contribution in [2.75, 3.05) is 13.1 Å². The molecule has 1 saturated heterocycles. The minimum absolute atomic E-state index is 0.135. The molecule has 0 amide bonds. The number of hydrogen-bond donors (Lipinski definition) is 0. The van der Waals surface area contributed by atoms with E-state index in [-0.39, 0.29) is 5.78 Å². The van der Waals surface area contributed by atoms with E-state index >= 15 is 0 Å². The molecule has 1 fully saturated rings. The molecule has 0 aromatic rings. The van der Waals surface area contributed by atoms with Crippen LogP contribution in [0.3, 0.4) is 0 Å². The Morgan fingerprint density at radius 1 is 1.27 bits per heavy atom. The standard InChI is InChI=1S/C9H15NO/c1-9(11)5-8-10-6-3-2-4-7-10/h5,8H,2-4,6-7H2,1H3. The van der Waals surface area contributed by atoms with Crippen LogP contribution in [0.5, 0.6) is 0 Å². The number of nitrogens with zero attached hydrogens (tertiary/aromatic N) is 1. The van der Waals surface area contributed by atoms with E-state index in [0.717, 1.165) is 13.1 Å². The van der Waals surface area contributed by atoms with Crippen LogP contribution in [0.2, 0.25) is 0 Å². The highest BCUT2D eigenvalue weighted by atomic mass is 16.1. The quantitative estimate of drug-likeness (QED) is 0.561. The second-order valence-electron chi connectivity index (χ2n) is 3.02. The van der Waals surface area contributed by atoms with E-state index in [9.17, 15) is 4.79 Å². The zero-order chi connectivity index (χ0) is 8.10. The van der Waals surface area contributed by atoms with Gasteiger partial charge in [0.2, 0.25) is 0 Å². The molecule has 0 radical (unpaired) electrons. The fourth-order valence-corrected chi connectivity index (χ4v) is 1.28. The SMILES string of the molecule is CC(=O)C=CN1CCCCC1. The molecule has 0 spiro atoms. The van der Waals surface area contributed by atoms with Crippen molar-refractivity contribution in [3.8, 4) is 0 Å². The van der Waals surface area contributed by atoms with Crippen LogP contribution < -0.4 is 0 Å². The highest BCUT2D eigenvalue weighted by molar-refractivity contribution is 5.87. The normalized spacial score (nSPS) is 19.2. The molecule has 0 saturated carbocycles. The summed E-state index contributed by atoms with van der Waals surface area (Å²) in [4.78, 5) is 12.8. The van der Waals surface area contributed by atoms with Gasteiger partial charge in [-0.3, -0.25) is 4.79 Å². The Morgan fingerprint density at radius 3 is 2.45 bits per heavy atom. The van der Waals surface area contributed by atoms with Crippen molar-refractivity contribution in [3.05, 3.63) is 12.3 Å². The maximum absolute atomic E-state index is 10.6. The fraction of sp³-hybridized carbons (Fsp3) is 0.667. The molecule has 0 N–H and O–H groups in total. The van der Waals surface area contributed by atoms with Gasteiger partial charge in [0.1, 0.15) is 0 Å². The first-order valence-electron chi connectivity index (χ1n) is 4.22. The van der Waals surface area contributed by atoms with Gasteiger partial charge in [-0.15, -0.1) is 0 Å². The molecule has 1 rings (SSSR count). The Morgan fingerprint density at radius 2 is 1.91 bits per heavy atom. The van der Waals surface area contributed by atoms with Crippen molar-refractivity contribution in [1.29, 1.82) is 0 Å². The van der Waals surface area contributed by atoms with Gasteiger partial charge in [-0.1, -0.05) is 0 Å². The molecule has 0 atom stereocenters. The Labute approximate surface area is 67.9 Å². The second kappa shape index (κ2) is 4.16. The van der Waals surface area contributed by atoms with Crippen LogP contribution in [-0.2, 0) is 4.79 Å². The van der Waals surface area contributed by atoms with Crippen molar-refractivity contribution < 1.29 is 4.79 Å². The van der Waals surface area contributed by atoms with E-state index in [0.29, 0.717) is 0 Å². The summed E-state index contributed by atoms with van der Waals surface area (Å²) in [6.07, 6.45) is 7.43. The third-order valence-electron chi connectivity index (χ3n) is 1.91. The summed E-state index contributed by atoms with van der Waals surface area (Å²) in [5.41, 5.74) is 0. The zero-order valence-electron chi connectivity index (χ0n) is 7.05. The summed E-state index contributed by atoms with van der Waals surface area (Å²) < 4.78 is 0. The highest BCUT2D eigenvalue weighted by Crippen LogP contribution is 2.08. The molecule has 2 nitrogen and oxygen atoms in total. The minimum Gasteiger partial charge on any atom is -0.377 e. The van der Waals surface area contributed by atoms with Gasteiger partial charge in [0.25, 0.3) is 0 Å². The van der Waals surface area contributed by atoms with Gasteiger partial charge < -0.3 is 4.90 Å². The fourth-order valence-electron chi connectivity index (χ4n) is 1.28. The third-order valence-corrected chi connectivity index (χ3v) is 1.91. The van der Waals surface area contributed by atoms with Crippen LogP contribution >= 0.6 is 0 Å². The van der Waals surface area contributed by atoms with Crippen LogP contribution in [0, 0.1) is 0 Å². The lowest BCUT2D eigenvalue weighted by molar-refractivity contribution is -0.112. The smallest absolute Gasteiger partial charge is 0.154 e. The molecule has 62 valence electrons. The predicted octanol–water partition coefficient (Wildman–Crippen LogP) is 1.57. The Hall–Kier alpha value is -0.790. The molecule has 0 aromatic heterocycles. The Kier molecular flexibility index (Phi) is 3.14. The van der Waals surface area contributed by atoms with Gasteiger partial charge in [0, 0.05) is 19.3 Å². The first-order chi connectivity index (χ1) is 5.29. The zero-order valence-corrected chi connectivity index (χ0v) is 7.05. The third kappa shape index (κ3) is 3.21. The first-order valence-corrected chi connectivity index (χ1v) is 4.22. The van der Waals surface area contributed by atoms with Crippen LogP contribution in [0.15, 0.2) is 12.3 Å². The molecule has 1 heterocycles. The van der Waals surface area contributed by atoms with Gasteiger partial charge in [-0.25, -0.2) is 0 Å². The largest absolute Gasteiger partial charge is 0.377 e. The second-order valence-corrected chi connectivity index (χ2v) is 3.02. The number of likely N-dealkylation sites (tertiary alicyclic amines) is 1. The van der Waals surface area contributed by atoms with E-state index in [2.05, 4.69) is 4.90 Å².